The van der Waals surface area contributed by atoms with Gasteiger partial charge in [-0.25, -0.2) is 0 Å². The number of carboxylic acid groups (broad SMARTS) is 1. The predicted molar refractivity (Wildman–Crippen MR) is 147 cm³/mol. The number of hydrogen-bond acceptors (Lipinski definition) is 3. The van der Waals surface area contributed by atoms with Crippen molar-refractivity contribution in [1.29, 1.82) is 0 Å². The van der Waals surface area contributed by atoms with Crippen LogP contribution in [0.3, 0.4) is 0 Å². The molecule has 0 aliphatic carbocycles. The number of nitrogens with one attached hydrogen (secondary N) is 1. The predicted octanol–water partition coefficient (Wildman–Crippen LogP) is 6.39. The number of nitrogens with zero attached hydrogens (tertiary/aromatic N) is 1. The van der Waals surface area contributed by atoms with E-state index >= 15 is 0 Å². The zero-order chi connectivity index (χ0) is 24.8. The highest BCUT2D eigenvalue weighted by molar-refractivity contribution is 9.10. The van der Waals surface area contributed by atoms with Crippen molar-refractivity contribution in [1.82, 2.24) is 5.32 Å². The van der Waals surface area contributed by atoms with Crippen LogP contribution in [0.5, 0.6) is 0 Å². The molecule has 0 radical (unpaired) electrons. The molecule has 6 heteroatoms. The van der Waals surface area contributed by atoms with Gasteiger partial charge in [-0.15, -0.1) is 0 Å². The lowest BCUT2D eigenvalue weighted by molar-refractivity contribution is -0.139. The Morgan fingerprint density at radius 1 is 0.917 bits per heavy atom. The minimum Gasteiger partial charge on any atom is -0.481 e. The van der Waals surface area contributed by atoms with Gasteiger partial charge in [-0.3, -0.25) is 9.59 Å². The van der Waals surface area contributed by atoms with Crippen molar-refractivity contribution in [3.05, 3.63) is 101 Å². The first-order valence-electron chi connectivity index (χ1n) is 11.9. The molecule has 1 atom stereocenters. The Bertz CT molecular complexity index is 1680. The van der Waals surface area contributed by atoms with E-state index in [1.165, 1.54) is 16.2 Å². The molecule has 0 saturated heterocycles. The van der Waals surface area contributed by atoms with Crippen LogP contribution in [0.1, 0.15) is 17.5 Å². The van der Waals surface area contributed by atoms with E-state index in [0.29, 0.717) is 13.1 Å². The first kappa shape index (κ1) is 22.6. The molecule has 178 valence electrons. The van der Waals surface area contributed by atoms with Crippen LogP contribution in [-0.2, 0) is 22.7 Å². The monoisotopic (exact) mass is 538 g/mol. The quantitative estimate of drug-likeness (QED) is 0.260. The molecule has 1 heterocycles. The third-order valence-electron chi connectivity index (χ3n) is 7.04. The normalized spacial score (nSPS) is 15.6. The summed E-state index contributed by atoms with van der Waals surface area (Å²) < 4.78 is 0.912. The Balaban J connectivity index is 1.57. The van der Waals surface area contributed by atoms with Gasteiger partial charge in [0, 0.05) is 23.2 Å². The summed E-state index contributed by atoms with van der Waals surface area (Å²) in [6.45, 7) is 0.758. The van der Waals surface area contributed by atoms with E-state index in [0.717, 1.165) is 37.4 Å². The van der Waals surface area contributed by atoms with Crippen molar-refractivity contribution in [2.75, 3.05) is 4.90 Å². The zero-order valence-electron chi connectivity index (χ0n) is 19.4. The minimum atomic E-state index is -1.00. The molecule has 0 aromatic heterocycles. The maximum Gasteiger partial charge on any atom is 0.305 e. The van der Waals surface area contributed by atoms with Gasteiger partial charge in [-0.1, -0.05) is 82.7 Å². The van der Waals surface area contributed by atoms with Crippen LogP contribution in [0.25, 0.3) is 32.3 Å². The second-order valence-electron chi connectivity index (χ2n) is 9.20. The van der Waals surface area contributed by atoms with Gasteiger partial charge in [0.05, 0.1) is 6.42 Å². The first-order chi connectivity index (χ1) is 17.5. The van der Waals surface area contributed by atoms with Crippen molar-refractivity contribution < 1.29 is 14.7 Å². The summed E-state index contributed by atoms with van der Waals surface area (Å²) in [6, 6.07) is 28.2. The summed E-state index contributed by atoms with van der Waals surface area (Å²) in [4.78, 5) is 26.8. The molecule has 36 heavy (non-hydrogen) atoms. The number of fused-ring (bicyclic) bond motifs is 6. The molecule has 1 aliphatic rings. The number of carboxylic acids is 1. The van der Waals surface area contributed by atoms with Crippen LogP contribution in [0.4, 0.5) is 5.69 Å². The molecular weight excluding hydrogens is 516 g/mol. The fourth-order valence-electron chi connectivity index (χ4n) is 5.42. The molecule has 1 amide bonds. The van der Waals surface area contributed by atoms with Crippen molar-refractivity contribution >= 4 is 65.8 Å². The van der Waals surface area contributed by atoms with Crippen molar-refractivity contribution in [3.8, 4) is 0 Å². The molecular formula is C30H23BrN2O3. The second-order valence-corrected chi connectivity index (χ2v) is 10.1. The summed E-state index contributed by atoms with van der Waals surface area (Å²) in [5.41, 5.74) is 2.86. The fourth-order valence-corrected chi connectivity index (χ4v) is 5.83. The van der Waals surface area contributed by atoms with E-state index in [4.69, 9.17) is 0 Å². The number of aliphatic carboxylic acids is 1. The standard InChI is InChI=1S/C30H23BrN2O3/c31-22-10-13-26-21(14-22)16-32-30(36)27(15-28(34)35)33(26)17-20-6-3-5-19-9-11-24-23-7-2-1-4-18(23)8-12-25(24)29(19)20/h1-14,27H,15-17H2,(H,32,36)(H,34,35). The van der Waals surface area contributed by atoms with Gasteiger partial charge >= 0.3 is 5.97 Å². The van der Waals surface area contributed by atoms with Gasteiger partial charge in [-0.05, 0) is 61.6 Å². The van der Waals surface area contributed by atoms with Gasteiger partial charge in [0.2, 0.25) is 5.91 Å². The molecule has 5 aromatic rings. The average molecular weight is 539 g/mol. The largest absolute Gasteiger partial charge is 0.481 e. The summed E-state index contributed by atoms with van der Waals surface area (Å²) in [5.74, 6) is -1.28. The van der Waals surface area contributed by atoms with Crippen LogP contribution in [0.15, 0.2) is 89.4 Å². The molecule has 2 N–H and O–H groups in total. The van der Waals surface area contributed by atoms with Gasteiger partial charge in [0.25, 0.3) is 0 Å². The van der Waals surface area contributed by atoms with E-state index in [-0.39, 0.29) is 12.3 Å². The lowest BCUT2D eigenvalue weighted by Crippen LogP contribution is -2.45. The maximum atomic E-state index is 13.1. The van der Waals surface area contributed by atoms with E-state index in [2.05, 4.69) is 75.8 Å². The first-order valence-corrected chi connectivity index (χ1v) is 12.7. The van der Waals surface area contributed by atoms with Crippen LogP contribution in [0.2, 0.25) is 0 Å². The summed E-state index contributed by atoms with van der Waals surface area (Å²) in [6.07, 6.45) is -0.280. The van der Waals surface area contributed by atoms with E-state index in [9.17, 15) is 14.7 Å². The van der Waals surface area contributed by atoms with E-state index < -0.39 is 12.0 Å². The number of carbonyl (C=O) groups is 2. The summed E-state index contributed by atoms with van der Waals surface area (Å²) in [5, 5.41) is 19.5. The van der Waals surface area contributed by atoms with Crippen molar-refractivity contribution in [2.24, 2.45) is 0 Å². The SMILES string of the molecule is O=C(O)CC1C(=O)NCc2cc(Br)ccc2N1Cc1cccc2ccc3c4ccccc4ccc3c12. The molecule has 1 aliphatic heterocycles. The Kier molecular flexibility index (Phi) is 5.61. The van der Waals surface area contributed by atoms with Crippen molar-refractivity contribution in [2.45, 2.75) is 25.6 Å². The second kappa shape index (κ2) is 8.95. The smallest absolute Gasteiger partial charge is 0.305 e. The molecule has 0 fully saturated rings. The van der Waals surface area contributed by atoms with E-state index in [1.807, 2.05) is 35.2 Å². The van der Waals surface area contributed by atoms with Gasteiger partial charge < -0.3 is 15.3 Å². The Morgan fingerprint density at radius 3 is 2.56 bits per heavy atom. The highest BCUT2D eigenvalue weighted by atomic mass is 79.9. The lowest BCUT2D eigenvalue weighted by atomic mass is 9.94. The molecule has 0 bridgehead atoms. The molecule has 0 saturated carbocycles. The van der Waals surface area contributed by atoms with Gasteiger partial charge in [0.1, 0.15) is 6.04 Å². The molecule has 0 spiro atoms. The van der Waals surface area contributed by atoms with Gasteiger partial charge in [-0.2, -0.15) is 0 Å². The van der Waals surface area contributed by atoms with E-state index in [1.54, 1.807) is 0 Å². The van der Waals surface area contributed by atoms with Crippen LogP contribution < -0.4 is 10.2 Å². The number of hydrogen-bond donors (Lipinski definition) is 2. The third-order valence-corrected chi connectivity index (χ3v) is 7.54. The molecule has 6 rings (SSSR count). The number of amides is 1. The Morgan fingerprint density at radius 2 is 1.69 bits per heavy atom. The molecule has 1 unspecified atom stereocenters. The number of carbonyl (C=O) groups excluding carboxylic acids is 1. The minimum absolute atomic E-state index is 0.277. The van der Waals surface area contributed by atoms with Crippen molar-refractivity contribution in [3.63, 3.8) is 0 Å². The third kappa shape index (κ3) is 3.88. The lowest BCUT2D eigenvalue weighted by Gasteiger charge is -2.31. The highest BCUT2D eigenvalue weighted by Gasteiger charge is 2.33. The number of rotatable bonds is 4. The zero-order valence-corrected chi connectivity index (χ0v) is 21.0. The maximum absolute atomic E-state index is 13.1. The highest BCUT2D eigenvalue weighted by Crippen LogP contribution is 2.36. The molecule has 5 aromatic carbocycles. The number of benzene rings is 5. The Hall–Kier alpha value is -3.90. The number of anilines is 1. The Labute approximate surface area is 216 Å². The van der Waals surface area contributed by atoms with Crippen LogP contribution in [-0.4, -0.2) is 23.0 Å². The summed E-state index contributed by atoms with van der Waals surface area (Å²) in [7, 11) is 0. The van der Waals surface area contributed by atoms with Crippen LogP contribution in [0, 0.1) is 0 Å². The fraction of sp³-hybridized carbons (Fsp3) is 0.133. The topological polar surface area (TPSA) is 69.6 Å². The van der Waals surface area contributed by atoms with Gasteiger partial charge in [0.15, 0.2) is 0 Å². The van der Waals surface area contributed by atoms with Crippen LogP contribution >= 0.6 is 15.9 Å². The summed E-state index contributed by atoms with van der Waals surface area (Å²) >= 11 is 3.53. The average Bonchev–Trinajstić information content (AvgIpc) is 3.00. The number of halogens is 1. The molecule has 5 nitrogen and oxygen atoms in total.